The van der Waals surface area contributed by atoms with Crippen molar-refractivity contribution >= 4 is 17.5 Å². The zero-order chi connectivity index (χ0) is 17.6. The molecule has 0 fully saturated rings. The van der Waals surface area contributed by atoms with Gasteiger partial charge in [-0.1, -0.05) is 18.2 Å². The van der Waals surface area contributed by atoms with Gasteiger partial charge in [0.2, 0.25) is 5.95 Å². The van der Waals surface area contributed by atoms with E-state index < -0.39 is 0 Å². The molecule has 0 aliphatic carbocycles. The highest BCUT2D eigenvalue weighted by molar-refractivity contribution is 5.98. The molecule has 2 N–H and O–H groups in total. The zero-order valence-electron chi connectivity index (χ0n) is 14.0. The maximum Gasteiger partial charge on any atom is 0.254 e. The lowest BCUT2D eigenvalue weighted by atomic mass is 10.1. The molecule has 3 rings (SSSR count). The molecule has 1 heterocycles. The van der Waals surface area contributed by atoms with Crippen LogP contribution >= 0.6 is 0 Å². The van der Waals surface area contributed by atoms with Crippen LogP contribution in [0.2, 0.25) is 0 Å². The number of rotatable bonds is 5. The maximum atomic E-state index is 12.0. The molecule has 1 amide bonds. The van der Waals surface area contributed by atoms with Crippen LogP contribution in [-0.4, -0.2) is 30.0 Å². The first-order chi connectivity index (χ1) is 12.2. The Kier molecular flexibility index (Phi) is 4.89. The molecule has 126 valence electrons. The minimum atomic E-state index is -0.213. The molecule has 0 aliphatic heterocycles. The lowest BCUT2D eigenvalue weighted by molar-refractivity contribution is 0.0960. The fourth-order valence-electron chi connectivity index (χ4n) is 2.41. The Bertz CT molecular complexity index is 882. The average Bonchev–Trinajstić information content (AvgIpc) is 2.68. The van der Waals surface area contributed by atoms with Crippen molar-refractivity contribution in [2.24, 2.45) is 0 Å². The second kappa shape index (κ2) is 7.44. The van der Waals surface area contributed by atoms with Gasteiger partial charge in [-0.25, -0.2) is 9.97 Å². The Morgan fingerprint density at radius 1 is 1.08 bits per heavy atom. The largest absolute Gasteiger partial charge is 0.496 e. The molecule has 25 heavy (non-hydrogen) atoms. The number of methoxy groups -OCH3 is 1. The normalized spacial score (nSPS) is 10.2. The molecule has 2 aromatic carbocycles. The van der Waals surface area contributed by atoms with Crippen molar-refractivity contribution in [1.82, 2.24) is 15.3 Å². The molecule has 1 aromatic heterocycles. The van der Waals surface area contributed by atoms with Gasteiger partial charge >= 0.3 is 0 Å². The van der Waals surface area contributed by atoms with Crippen molar-refractivity contribution in [3.05, 3.63) is 66.4 Å². The number of ether oxygens (including phenoxy) is 1. The van der Waals surface area contributed by atoms with Gasteiger partial charge in [-0.05, 0) is 36.4 Å². The van der Waals surface area contributed by atoms with Gasteiger partial charge in [-0.2, -0.15) is 0 Å². The van der Waals surface area contributed by atoms with Gasteiger partial charge in [0.25, 0.3) is 5.91 Å². The average molecular weight is 334 g/mol. The molecule has 0 saturated carbocycles. The van der Waals surface area contributed by atoms with Gasteiger partial charge in [-0.3, -0.25) is 4.79 Å². The van der Waals surface area contributed by atoms with Crippen LogP contribution in [0.4, 0.5) is 11.6 Å². The van der Waals surface area contributed by atoms with Gasteiger partial charge in [-0.15, -0.1) is 0 Å². The van der Waals surface area contributed by atoms with E-state index in [1.165, 1.54) is 7.11 Å². The third-order valence-corrected chi connectivity index (χ3v) is 3.65. The lowest BCUT2D eigenvalue weighted by Crippen LogP contribution is -2.18. The second-order valence-electron chi connectivity index (χ2n) is 5.25. The van der Waals surface area contributed by atoms with Crippen LogP contribution in [0.25, 0.3) is 11.3 Å². The number of nitrogens with one attached hydrogen (secondary N) is 2. The molecule has 0 radical (unpaired) electrons. The van der Waals surface area contributed by atoms with Crippen molar-refractivity contribution in [2.45, 2.75) is 0 Å². The number of hydrogen-bond donors (Lipinski definition) is 2. The first-order valence-corrected chi connectivity index (χ1v) is 7.77. The molecular formula is C19H18N4O2. The summed E-state index contributed by atoms with van der Waals surface area (Å²) in [5.41, 5.74) is 2.87. The summed E-state index contributed by atoms with van der Waals surface area (Å²) in [6.45, 7) is 0. The highest BCUT2D eigenvalue weighted by atomic mass is 16.5. The van der Waals surface area contributed by atoms with E-state index in [1.807, 2.05) is 36.4 Å². The fraction of sp³-hybridized carbons (Fsp3) is 0.105. The SMILES string of the molecule is CNC(=O)c1cc(-c2ccnc(Nc3ccccc3)n2)ccc1OC. The van der Waals surface area contributed by atoms with Gasteiger partial charge in [0.15, 0.2) is 0 Å². The van der Waals surface area contributed by atoms with Gasteiger partial charge in [0.05, 0.1) is 18.4 Å². The fourth-order valence-corrected chi connectivity index (χ4v) is 2.41. The van der Waals surface area contributed by atoms with E-state index in [0.717, 1.165) is 11.3 Å². The molecule has 0 atom stereocenters. The Hall–Kier alpha value is -3.41. The molecule has 0 aliphatic rings. The third kappa shape index (κ3) is 3.74. The summed E-state index contributed by atoms with van der Waals surface area (Å²) in [6, 6.07) is 16.9. The quantitative estimate of drug-likeness (QED) is 0.749. The molecule has 0 spiro atoms. The van der Waals surface area contributed by atoms with Gasteiger partial charge in [0.1, 0.15) is 5.75 Å². The zero-order valence-corrected chi connectivity index (χ0v) is 14.0. The molecule has 0 unspecified atom stereocenters. The van der Waals surface area contributed by atoms with Crippen LogP contribution in [0.5, 0.6) is 5.75 Å². The molecule has 6 heteroatoms. The van der Waals surface area contributed by atoms with Crippen LogP contribution < -0.4 is 15.4 Å². The predicted octanol–water partition coefficient (Wildman–Crippen LogP) is 3.26. The third-order valence-electron chi connectivity index (χ3n) is 3.65. The highest BCUT2D eigenvalue weighted by Gasteiger charge is 2.13. The number of benzene rings is 2. The minimum absolute atomic E-state index is 0.213. The summed E-state index contributed by atoms with van der Waals surface area (Å²) in [4.78, 5) is 20.8. The Morgan fingerprint density at radius 3 is 2.60 bits per heavy atom. The molecule has 3 aromatic rings. The number of carbonyl (C=O) groups is 1. The number of para-hydroxylation sites is 1. The topological polar surface area (TPSA) is 76.1 Å². The van der Waals surface area contributed by atoms with Crippen LogP contribution in [0.3, 0.4) is 0 Å². The summed E-state index contributed by atoms with van der Waals surface area (Å²) in [6.07, 6.45) is 1.68. The Balaban J connectivity index is 1.94. The number of anilines is 2. The summed E-state index contributed by atoms with van der Waals surface area (Å²) in [7, 11) is 3.12. The van der Waals surface area contributed by atoms with E-state index in [0.29, 0.717) is 23.0 Å². The van der Waals surface area contributed by atoms with Gasteiger partial charge < -0.3 is 15.4 Å². The van der Waals surface area contributed by atoms with Crippen molar-refractivity contribution < 1.29 is 9.53 Å². The van der Waals surface area contributed by atoms with Crippen LogP contribution in [0.15, 0.2) is 60.8 Å². The van der Waals surface area contributed by atoms with Gasteiger partial charge in [0, 0.05) is 24.5 Å². The van der Waals surface area contributed by atoms with Crippen molar-refractivity contribution in [3.8, 4) is 17.0 Å². The number of nitrogens with zero attached hydrogens (tertiary/aromatic N) is 2. The lowest BCUT2D eigenvalue weighted by Gasteiger charge is -2.10. The summed E-state index contributed by atoms with van der Waals surface area (Å²) in [5.74, 6) is 0.788. The van der Waals surface area contributed by atoms with Crippen molar-refractivity contribution in [3.63, 3.8) is 0 Å². The van der Waals surface area contributed by atoms with E-state index in [4.69, 9.17) is 4.74 Å². The smallest absolute Gasteiger partial charge is 0.254 e. The van der Waals surface area contributed by atoms with E-state index in [1.54, 1.807) is 31.4 Å². The van der Waals surface area contributed by atoms with E-state index >= 15 is 0 Å². The van der Waals surface area contributed by atoms with Crippen LogP contribution in [0, 0.1) is 0 Å². The van der Waals surface area contributed by atoms with E-state index in [2.05, 4.69) is 20.6 Å². The summed E-state index contributed by atoms with van der Waals surface area (Å²) < 4.78 is 5.26. The van der Waals surface area contributed by atoms with Crippen molar-refractivity contribution in [1.29, 1.82) is 0 Å². The molecular weight excluding hydrogens is 316 g/mol. The summed E-state index contributed by atoms with van der Waals surface area (Å²) in [5, 5.41) is 5.77. The monoisotopic (exact) mass is 334 g/mol. The number of hydrogen-bond acceptors (Lipinski definition) is 5. The molecule has 0 saturated heterocycles. The maximum absolute atomic E-state index is 12.0. The van der Waals surface area contributed by atoms with Crippen LogP contribution in [0.1, 0.15) is 10.4 Å². The standard InChI is InChI=1S/C19H18N4O2/c1-20-18(24)15-12-13(8-9-17(15)25-2)16-10-11-21-19(23-16)22-14-6-4-3-5-7-14/h3-12H,1-2H3,(H,20,24)(H,21,22,23). The minimum Gasteiger partial charge on any atom is -0.496 e. The predicted molar refractivity (Wildman–Crippen MR) is 97.1 cm³/mol. The molecule has 6 nitrogen and oxygen atoms in total. The van der Waals surface area contributed by atoms with Crippen molar-refractivity contribution in [2.75, 3.05) is 19.5 Å². The van der Waals surface area contributed by atoms with E-state index in [9.17, 15) is 4.79 Å². The first-order valence-electron chi connectivity index (χ1n) is 7.77. The molecule has 0 bridgehead atoms. The number of carbonyl (C=O) groups excluding carboxylic acids is 1. The number of aromatic nitrogens is 2. The van der Waals surface area contributed by atoms with E-state index in [-0.39, 0.29) is 5.91 Å². The first kappa shape index (κ1) is 16.4. The Labute approximate surface area is 145 Å². The summed E-state index contributed by atoms with van der Waals surface area (Å²) >= 11 is 0. The Morgan fingerprint density at radius 2 is 1.88 bits per heavy atom. The van der Waals surface area contributed by atoms with Crippen LogP contribution in [-0.2, 0) is 0 Å². The number of amides is 1. The second-order valence-corrected chi connectivity index (χ2v) is 5.25. The highest BCUT2D eigenvalue weighted by Crippen LogP contribution is 2.26.